The smallest absolute Gasteiger partial charge is 0.123 e. The molecule has 19 heavy (non-hydrogen) atoms. The van der Waals surface area contributed by atoms with Crippen molar-refractivity contribution in [2.75, 3.05) is 18.9 Å². The molecule has 0 unspecified atom stereocenters. The van der Waals surface area contributed by atoms with Crippen LogP contribution in [0, 0.1) is 5.82 Å². The quantitative estimate of drug-likeness (QED) is 0.661. The van der Waals surface area contributed by atoms with Crippen molar-refractivity contribution in [3.05, 3.63) is 35.6 Å². The van der Waals surface area contributed by atoms with Crippen molar-refractivity contribution in [3.8, 4) is 0 Å². The van der Waals surface area contributed by atoms with Crippen LogP contribution in [0.5, 0.6) is 0 Å². The standard InChI is InChI=1S/C15H21Cl2FO/c1-14(2,19-3)8-9-15(10-16,11-17)12-4-6-13(18)7-5-12/h4-7H,8-11H2,1-3H3. The summed E-state index contributed by atoms with van der Waals surface area (Å²) in [5.41, 5.74) is 0.418. The van der Waals surface area contributed by atoms with Crippen molar-refractivity contribution in [1.82, 2.24) is 0 Å². The van der Waals surface area contributed by atoms with Gasteiger partial charge in [-0.05, 0) is 44.4 Å². The maximum absolute atomic E-state index is 13.0. The molecule has 0 saturated heterocycles. The molecule has 4 heteroatoms. The van der Waals surface area contributed by atoms with Gasteiger partial charge in [-0.3, -0.25) is 0 Å². The van der Waals surface area contributed by atoms with Gasteiger partial charge in [0.2, 0.25) is 0 Å². The Kier molecular flexibility index (Phi) is 6.10. The second-order valence-corrected chi connectivity index (χ2v) is 6.05. The number of benzene rings is 1. The van der Waals surface area contributed by atoms with Crippen LogP contribution < -0.4 is 0 Å². The molecule has 0 aromatic heterocycles. The van der Waals surface area contributed by atoms with Gasteiger partial charge < -0.3 is 4.74 Å². The Balaban J connectivity index is 2.94. The van der Waals surface area contributed by atoms with Crippen molar-refractivity contribution >= 4 is 23.2 Å². The van der Waals surface area contributed by atoms with E-state index in [1.54, 1.807) is 19.2 Å². The molecule has 0 aliphatic carbocycles. The first-order valence-electron chi connectivity index (χ1n) is 6.32. The molecule has 0 fully saturated rings. The Hall–Kier alpha value is -0.310. The Morgan fingerprint density at radius 1 is 1.05 bits per heavy atom. The van der Waals surface area contributed by atoms with Gasteiger partial charge >= 0.3 is 0 Å². The van der Waals surface area contributed by atoms with Crippen LogP contribution in [0.1, 0.15) is 32.3 Å². The zero-order chi connectivity index (χ0) is 14.5. The largest absolute Gasteiger partial charge is 0.379 e. The first-order valence-corrected chi connectivity index (χ1v) is 7.39. The molecule has 0 radical (unpaired) electrons. The lowest BCUT2D eigenvalue weighted by Crippen LogP contribution is -2.34. The maximum atomic E-state index is 13.0. The van der Waals surface area contributed by atoms with Gasteiger partial charge in [0.1, 0.15) is 5.82 Å². The van der Waals surface area contributed by atoms with Crippen molar-refractivity contribution in [2.24, 2.45) is 0 Å². The van der Waals surface area contributed by atoms with E-state index < -0.39 is 0 Å². The third-order valence-electron chi connectivity index (χ3n) is 3.73. The van der Waals surface area contributed by atoms with Crippen LogP contribution in [0.2, 0.25) is 0 Å². The first-order chi connectivity index (χ1) is 8.89. The Bertz CT molecular complexity index is 386. The number of alkyl halides is 2. The van der Waals surface area contributed by atoms with E-state index in [2.05, 4.69) is 0 Å². The Labute approximate surface area is 125 Å². The van der Waals surface area contributed by atoms with E-state index in [9.17, 15) is 4.39 Å². The van der Waals surface area contributed by atoms with Gasteiger partial charge in [-0.1, -0.05) is 12.1 Å². The summed E-state index contributed by atoms with van der Waals surface area (Å²) in [5.74, 6) is 0.558. The van der Waals surface area contributed by atoms with Crippen LogP contribution >= 0.6 is 23.2 Å². The van der Waals surface area contributed by atoms with E-state index in [1.165, 1.54) is 12.1 Å². The van der Waals surface area contributed by atoms with Crippen molar-refractivity contribution in [3.63, 3.8) is 0 Å². The van der Waals surface area contributed by atoms with Crippen LogP contribution in [0.3, 0.4) is 0 Å². The van der Waals surface area contributed by atoms with Crippen molar-refractivity contribution < 1.29 is 9.13 Å². The number of hydrogen-bond donors (Lipinski definition) is 0. The molecule has 1 aromatic carbocycles. The number of rotatable bonds is 7. The number of ether oxygens (including phenoxy) is 1. The highest BCUT2D eigenvalue weighted by Crippen LogP contribution is 2.35. The molecule has 0 saturated carbocycles. The molecule has 1 aromatic rings. The molecule has 0 bridgehead atoms. The van der Waals surface area contributed by atoms with E-state index in [-0.39, 0.29) is 16.8 Å². The Morgan fingerprint density at radius 2 is 1.58 bits per heavy atom. The van der Waals surface area contributed by atoms with Crippen LogP contribution in [-0.2, 0) is 10.2 Å². The van der Waals surface area contributed by atoms with Gasteiger partial charge in [0.25, 0.3) is 0 Å². The summed E-state index contributed by atoms with van der Waals surface area (Å²) in [6.07, 6.45) is 1.63. The zero-order valence-electron chi connectivity index (χ0n) is 11.7. The lowest BCUT2D eigenvalue weighted by molar-refractivity contribution is 0.0100. The molecule has 0 heterocycles. The predicted molar refractivity (Wildman–Crippen MR) is 79.8 cm³/mol. The lowest BCUT2D eigenvalue weighted by atomic mass is 9.78. The van der Waals surface area contributed by atoms with Gasteiger partial charge in [-0.15, -0.1) is 23.2 Å². The second kappa shape index (κ2) is 6.92. The van der Waals surface area contributed by atoms with E-state index in [0.717, 1.165) is 18.4 Å². The minimum atomic E-state index is -0.341. The van der Waals surface area contributed by atoms with E-state index in [1.807, 2.05) is 13.8 Å². The summed E-state index contributed by atoms with van der Waals surface area (Å²) in [6, 6.07) is 6.43. The minimum absolute atomic E-state index is 0.219. The Morgan fingerprint density at radius 3 is 2.00 bits per heavy atom. The average molecular weight is 307 g/mol. The van der Waals surface area contributed by atoms with Crippen molar-refractivity contribution in [2.45, 2.75) is 37.7 Å². The number of methoxy groups -OCH3 is 1. The van der Waals surface area contributed by atoms with E-state index >= 15 is 0 Å². The molecule has 0 N–H and O–H groups in total. The summed E-state index contributed by atoms with van der Waals surface area (Å²) in [4.78, 5) is 0. The summed E-state index contributed by atoms with van der Waals surface area (Å²) in [6.45, 7) is 4.07. The maximum Gasteiger partial charge on any atom is 0.123 e. The van der Waals surface area contributed by atoms with Gasteiger partial charge in [-0.25, -0.2) is 4.39 Å². The molecule has 1 rings (SSSR count). The van der Waals surface area contributed by atoms with E-state index in [0.29, 0.717) is 11.8 Å². The van der Waals surface area contributed by atoms with E-state index in [4.69, 9.17) is 27.9 Å². The summed E-state index contributed by atoms with van der Waals surface area (Å²) in [5, 5.41) is 0. The third-order valence-corrected chi connectivity index (χ3v) is 4.75. The molecule has 0 amide bonds. The monoisotopic (exact) mass is 306 g/mol. The number of halogens is 3. The van der Waals surface area contributed by atoms with Crippen LogP contribution in [-0.4, -0.2) is 24.5 Å². The molecule has 0 spiro atoms. The fourth-order valence-electron chi connectivity index (χ4n) is 1.91. The molecule has 0 aliphatic heterocycles. The molecule has 1 nitrogen and oxygen atoms in total. The van der Waals surface area contributed by atoms with Gasteiger partial charge in [0.15, 0.2) is 0 Å². The first kappa shape index (κ1) is 16.7. The normalized spacial score (nSPS) is 12.7. The zero-order valence-corrected chi connectivity index (χ0v) is 13.2. The highest BCUT2D eigenvalue weighted by Gasteiger charge is 2.33. The van der Waals surface area contributed by atoms with Gasteiger partial charge in [0, 0.05) is 24.3 Å². The third kappa shape index (κ3) is 4.34. The van der Waals surface area contributed by atoms with Crippen LogP contribution in [0.4, 0.5) is 4.39 Å². The number of hydrogen-bond acceptors (Lipinski definition) is 1. The summed E-state index contributed by atoms with van der Waals surface area (Å²) < 4.78 is 18.5. The minimum Gasteiger partial charge on any atom is -0.379 e. The molecule has 0 atom stereocenters. The average Bonchev–Trinajstić information content (AvgIpc) is 2.42. The fourth-order valence-corrected chi connectivity index (χ4v) is 2.78. The van der Waals surface area contributed by atoms with Crippen molar-refractivity contribution in [1.29, 1.82) is 0 Å². The lowest BCUT2D eigenvalue weighted by Gasteiger charge is -2.34. The van der Waals surface area contributed by atoms with Crippen LogP contribution in [0.15, 0.2) is 24.3 Å². The van der Waals surface area contributed by atoms with Crippen LogP contribution in [0.25, 0.3) is 0 Å². The highest BCUT2D eigenvalue weighted by molar-refractivity contribution is 6.22. The van der Waals surface area contributed by atoms with Gasteiger partial charge in [-0.2, -0.15) is 0 Å². The predicted octanol–water partition coefficient (Wildman–Crippen LogP) is 4.75. The molecular formula is C15H21Cl2FO. The summed E-state index contributed by atoms with van der Waals surface area (Å²) in [7, 11) is 1.70. The summed E-state index contributed by atoms with van der Waals surface area (Å²) >= 11 is 12.3. The van der Waals surface area contributed by atoms with Gasteiger partial charge in [0.05, 0.1) is 5.60 Å². The second-order valence-electron chi connectivity index (χ2n) is 5.52. The molecule has 108 valence electrons. The fraction of sp³-hybridized carbons (Fsp3) is 0.600. The SMILES string of the molecule is COC(C)(C)CCC(CCl)(CCl)c1ccc(F)cc1. The molecular weight excluding hydrogens is 286 g/mol. The molecule has 0 aliphatic rings. The topological polar surface area (TPSA) is 9.23 Å². The highest BCUT2D eigenvalue weighted by atomic mass is 35.5.